The predicted octanol–water partition coefficient (Wildman–Crippen LogP) is 6.82. The summed E-state index contributed by atoms with van der Waals surface area (Å²) in [6, 6.07) is 27.5. The van der Waals surface area contributed by atoms with E-state index in [1.54, 1.807) is 48.5 Å². The molecule has 0 aromatic heterocycles. The first-order valence-corrected chi connectivity index (χ1v) is 11.4. The van der Waals surface area contributed by atoms with E-state index in [1.165, 1.54) is 0 Å². The molecule has 1 N–H and O–H groups in total. The summed E-state index contributed by atoms with van der Waals surface area (Å²) >= 11 is 0. The van der Waals surface area contributed by atoms with E-state index >= 15 is 0 Å². The molecule has 0 radical (unpaired) electrons. The van der Waals surface area contributed by atoms with Crippen LogP contribution in [0.3, 0.4) is 0 Å². The van der Waals surface area contributed by atoms with Crippen molar-refractivity contribution in [3.05, 3.63) is 136 Å². The molecule has 0 heterocycles. The zero-order valence-electron chi connectivity index (χ0n) is 19.6. The van der Waals surface area contributed by atoms with Crippen molar-refractivity contribution in [2.45, 2.75) is 25.7 Å². The number of rotatable bonds is 6. The number of carbonyl (C=O) groups is 1. The van der Waals surface area contributed by atoms with Crippen LogP contribution < -0.4 is 0 Å². The second-order valence-corrected chi connectivity index (χ2v) is 8.69. The highest BCUT2D eigenvalue weighted by Crippen LogP contribution is 2.43. The Hall–Kier alpha value is -4.67. The molecule has 0 saturated carbocycles. The number of allylic oxidation sites excluding steroid dienone is 5. The van der Waals surface area contributed by atoms with Crippen LogP contribution in [0.2, 0.25) is 0 Å². The predicted molar refractivity (Wildman–Crippen MR) is 136 cm³/mol. The second-order valence-electron chi connectivity index (χ2n) is 8.69. The van der Waals surface area contributed by atoms with Crippen molar-refractivity contribution in [1.82, 2.24) is 0 Å². The van der Waals surface area contributed by atoms with E-state index in [0.29, 0.717) is 33.4 Å². The van der Waals surface area contributed by atoms with Gasteiger partial charge in [0.25, 0.3) is 0 Å². The standard InChI is InChI=1S/C31H24N2O2/c1-3-31(2,25-13-5-4-6-14-25)26-17-27(29(34)23-11-7-9-21(15-23)19-32)28(18-26)30(35)24-12-8-10-22(16-24)20-33/h4-18,34H,3H2,1-2H3/t31-/m0/s1. The Morgan fingerprint density at radius 2 is 1.46 bits per heavy atom. The highest BCUT2D eigenvalue weighted by atomic mass is 16.3. The van der Waals surface area contributed by atoms with Crippen molar-refractivity contribution in [3.63, 3.8) is 0 Å². The van der Waals surface area contributed by atoms with Crippen molar-refractivity contribution in [1.29, 1.82) is 10.5 Å². The molecule has 1 atom stereocenters. The second kappa shape index (κ2) is 9.67. The van der Waals surface area contributed by atoms with Gasteiger partial charge in [-0.3, -0.25) is 4.79 Å². The third-order valence-electron chi connectivity index (χ3n) is 6.66. The fourth-order valence-electron chi connectivity index (χ4n) is 4.37. The third kappa shape index (κ3) is 4.43. The van der Waals surface area contributed by atoms with E-state index < -0.39 is 5.41 Å². The molecule has 3 aromatic carbocycles. The Balaban J connectivity index is 1.91. The molecular formula is C31H24N2O2. The molecule has 0 amide bonds. The van der Waals surface area contributed by atoms with E-state index in [4.69, 9.17) is 0 Å². The maximum atomic E-state index is 13.7. The fraction of sp³-hybridized carbons (Fsp3) is 0.129. The summed E-state index contributed by atoms with van der Waals surface area (Å²) in [6.45, 7) is 4.22. The smallest absolute Gasteiger partial charge is 0.193 e. The Labute approximate surface area is 205 Å². The average molecular weight is 457 g/mol. The van der Waals surface area contributed by atoms with E-state index in [0.717, 1.165) is 17.6 Å². The third-order valence-corrected chi connectivity index (χ3v) is 6.66. The number of aliphatic hydroxyl groups is 1. The maximum absolute atomic E-state index is 13.7. The molecule has 0 saturated heterocycles. The number of nitrogens with zero attached hydrogens (tertiary/aromatic N) is 2. The lowest BCUT2D eigenvalue weighted by molar-refractivity contribution is 0.103. The number of nitriles is 2. The first-order valence-electron chi connectivity index (χ1n) is 11.4. The monoisotopic (exact) mass is 456 g/mol. The van der Waals surface area contributed by atoms with Crippen LogP contribution in [0.25, 0.3) is 5.76 Å². The van der Waals surface area contributed by atoms with Gasteiger partial charge in [-0.05, 0) is 54.0 Å². The molecule has 4 heteroatoms. The number of benzene rings is 3. The maximum Gasteiger partial charge on any atom is 0.193 e. The summed E-state index contributed by atoms with van der Waals surface area (Å²) < 4.78 is 0. The van der Waals surface area contributed by atoms with Gasteiger partial charge in [0.2, 0.25) is 0 Å². The number of Topliss-reactive ketones (excluding diaryl/α,β-unsaturated/α-hetero) is 1. The van der Waals surface area contributed by atoms with Gasteiger partial charge in [-0.15, -0.1) is 0 Å². The lowest BCUT2D eigenvalue weighted by Gasteiger charge is -2.29. The van der Waals surface area contributed by atoms with Crippen LogP contribution in [0.5, 0.6) is 0 Å². The van der Waals surface area contributed by atoms with Crippen LogP contribution in [-0.2, 0) is 5.41 Å². The normalized spacial score (nSPS) is 15.8. The average Bonchev–Trinajstić information content (AvgIpc) is 3.38. The minimum absolute atomic E-state index is 0.0698. The van der Waals surface area contributed by atoms with Gasteiger partial charge in [0, 0.05) is 27.7 Å². The number of aliphatic hydroxyl groups excluding tert-OH is 1. The van der Waals surface area contributed by atoms with Gasteiger partial charge in [0.1, 0.15) is 5.76 Å². The van der Waals surface area contributed by atoms with Crippen molar-refractivity contribution in [2.75, 3.05) is 0 Å². The van der Waals surface area contributed by atoms with Gasteiger partial charge in [-0.2, -0.15) is 10.5 Å². The highest BCUT2D eigenvalue weighted by Gasteiger charge is 2.34. The van der Waals surface area contributed by atoms with Crippen molar-refractivity contribution in [2.24, 2.45) is 0 Å². The molecule has 1 aliphatic rings. The van der Waals surface area contributed by atoms with Crippen LogP contribution in [0.1, 0.15) is 52.9 Å². The van der Waals surface area contributed by atoms with Gasteiger partial charge in [-0.1, -0.05) is 68.4 Å². The summed E-state index contributed by atoms with van der Waals surface area (Å²) in [5.41, 5.74) is 4.01. The quantitative estimate of drug-likeness (QED) is 0.326. The number of hydrogen-bond acceptors (Lipinski definition) is 4. The molecule has 0 spiro atoms. The number of hydrogen-bond donors (Lipinski definition) is 1. The van der Waals surface area contributed by atoms with Crippen molar-refractivity contribution in [3.8, 4) is 12.1 Å². The lowest BCUT2D eigenvalue weighted by Crippen LogP contribution is -2.22. The van der Waals surface area contributed by atoms with Crippen LogP contribution in [-0.4, -0.2) is 10.9 Å². The Morgan fingerprint density at radius 1 is 0.857 bits per heavy atom. The van der Waals surface area contributed by atoms with E-state index in [2.05, 4.69) is 38.1 Å². The highest BCUT2D eigenvalue weighted by molar-refractivity contribution is 6.14. The fourth-order valence-corrected chi connectivity index (χ4v) is 4.37. The topological polar surface area (TPSA) is 84.9 Å². The van der Waals surface area contributed by atoms with Crippen molar-refractivity contribution >= 4 is 11.5 Å². The first-order chi connectivity index (χ1) is 16.9. The summed E-state index contributed by atoms with van der Waals surface area (Å²) in [6.07, 6.45) is 4.49. The van der Waals surface area contributed by atoms with Gasteiger partial charge < -0.3 is 5.11 Å². The minimum atomic E-state index is -0.391. The molecule has 4 nitrogen and oxygen atoms in total. The van der Waals surface area contributed by atoms with Crippen LogP contribution in [0, 0.1) is 22.7 Å². The Morgan fingerprint density at radius 3 is 2.06 bits per heavy atom. The largest absolute Gasteiger partial charge is 0.507 e. The molecule has 4 rings (SSSR count). The zero-order valence-corrected chi connectivity index (χ0v) is 19.6. The number of carbonyl (C=O) groups excluding carboxylic acids is 1. The van der Waals surface area contributed by atoms with Gasteiger partial charge in [0.05, 0.1) is 23.3 Å². The molecule has 170 valence electrons. The minimum Gasteiger partial charge on any atom is -0.507 e. The molecule has 0 aliphatic heterocycles. The zero-order chi connectivity index (χ0) is 25.0. The SMILES string of the molecule is CC[C@](C)(C1=CC(=C(O)c2cccc(C#N)c2)C(C(=O)c2cccc(C#N)c2)=C1)c1ccccc1. The Kier molecular flexibility index (Phi) is 6.49. The number of ketones is 1. The van der Waals surface area contributed by atoms with Gasteiger partial charge in [-0.25, -0.2) is 0 Å². The molecule has 0 bridgehead atoms. The first kappa shape index (κ1) is 23.5. The molecule has 0 fully saturated rings. The van der Waals surface area contributed by atoms with Gasteiger partial charge in [0.15, 0.2) is 5.78 Å². The van der Waals surface area contributed by atoms with E-state index in [9.17, 15) is 20.4 Å². The van der Waals surface area contributed by atoms with Crippen LogP contribution in [0.15, 0.2) is 108 Å². The Bertz CT molecular complexity index is 1480. The molecular weight excluding hydrogens is 432 g/mol. The van der Waals surface area contributed by atoms with Crippen LogP contribution >= 0.6 is 0 Å². The lowest BCUT2D eigenvalue weighted by atomic mass is 9.74. The van der Waals surface area contributed by atoms with Crippen LogP contribution in [0.4, 0.5) is 0 Å². The molecule has 35 heavy (non-hydrogen) atoms. The molecule has 1 aliphatic carbocycles. The summed E-state index contributed by atoms with van der Waals surface area (Å²) in [7, 11) is 0. The van der Waals surface area contributed by atoms with Gasteiger partial charge >= 0.3 is 0 Å². The molecule has 3 aromatic rings. The summed E-state index contributed by atoms with van der Waals surface area (Å²) in [5.74, 6) is -0.350. The summed E-state index contributed by atoms with van der Waals surface area (Å²) in [4.78, 5) is 13.7. The summed E-state index contributed by atoms with van der Waals surface area (Å²) in [5, 5.41) is 29.9. The van der Waals surface area contributed by atoms with E-state index in [-0.39, 0.29) is 11.5 Å². The van der Waals surface area contributed by atoms with Crippen molar-refractivity contribution < 1.29 is 9.90 Å². The van der Waals surface area contributed by atoms with E-state index in [1.807, 2.05) is 30.4 Å². The molecule has 0 unspecified atom stereocenters.